The highest BCUT2D eigenvalue weighted by Crippen LogP contribution is 2.24. The molecule has 3 heteroatoms. The molecule has 0 amide bonds. The number of halogens is 2. The summed E-state index contributed by atoms with van der Waals surface area (Å²) < 4.78 is 0. The maximum Gasteiger partial charge on any atom is 0.146 e. The van der Waals surface area contributed by atoms with Gasteiger partial charge in [0.25, 0.3) is 0 Å². The fourth-order valence-electron chi connectivity index (χ4n) is 2.59. The molecular formula is C14H24Br2O. The van der Waals surface area contributed by atoms with Crippen molar-refractivity contribution in [1.82, 2.24) is 0 Å². The molecule has 1 rings (SSSR count). The molecule has 17 heavy (non-hydrogen) atoms. The minimum absolute atomic E-state index is 0.322. The minimum atomic E-state index is 0.322. The standard InChI is InChI=1S/C14H24Br2O/c15-11-14(17)12-7-3-1-2-4-9-13(16)10-6-5-8-12/h12-13H,1-11H2. The summed E-state index contributed by atoms with van der Waals surface area (Å²) in [7, 11) is 0. The number of carbonyl (C=O) groups excluding carboxylic acids is 1. The summed E-state index contributed by atoms with van der Waals surface area (Å²) in [5.41, 5.74) is 0. The number of alkyl halides is 2. The lowest BCUT2D eigenvalue weighted by molar-refractivity contribution is -0.120. The SMILES string of the molecule is O=C(CBr)C1CCCCCCC(Br)CCCC1. The molecule has 0 spiro atoms. The summed E-state index contributed by atoms with van der Waals surface area (Å²) in [4.78, 5) is 12.5. The van der Waals surface area contributed by atoms with Gasteiger partial charge in [0.15, 0.2) is 0 Å². The molecule has 0 radical (unpaired) electrons. The van der Waals surface area contributed by atoms with Gasteiger partial charge in [0.05, 0.1) is 5.33 Å². The van der Waals surface area contributed by atoms with Gasteiger partial charge in [-0.1, -0.05) is 70.4 Å². The van der Waals surface area contributed by atoms with E-state index in [4.69, 9.17) is 0 Å². The zero-order valence-electron chi connectivity index (χ0n) is 10.6. The third-order valence-corrected chi connectivity index (χ3v) is 5.20. The number of rotatable bonds is 2. The van der Waals surface area contributed by atoms with Crippen LogP contribution in [0.25, 0.3) is 0 Å². The molecule has 2 unspecified atom stereocenters. The van der Waals surface area contributed by atoms with Crippen molar-refractivity contribution in [3.63, 3.8) is 0 Å². The van der Waals surface area contributed by atoms with E-state index in [9.17, 15) is 4.79 Å². The maximum absolute atomic E-state index is 11.8. The van der Waals surface area contributed by atoms with E-state index >= 15 is 0 Å². The van der Waals surface area contributed by atoms with Crippen LogP contribution >= 0.6 is 31.9 Å². The highest BCUT2D eigenvalue weighted by atomic mass is 79.9. The lowest BCUT2D eigenvalue weighted by Crippen LogP contribution is -2.16. The Morgan fingerprint density at radius 3 is 1.94 bits per heavy atom. The maximum atomic E-state index is 11.8. The number of carbonyl (C=O) groups is 1. The van der Waals surface area contributed by atoms with E-state index in [-0.39, 0.29) is 0 Å². The van der Waals surface area contributed by atoms with Gasteiger partial charge < -0.3 is 0 Å². The van der Waals surface area contributed by atoms with Crippen LogP contribution in [0, 0.1) is 5.92 Å². The van der Waals surface area contributed by atoms with Crippen LogP contribution in [0.1, 0.15) is 64.2 Å². The van der Waals surface area contributed by atoms with Crippen LogP contribution in [0.5, 0.6) is 0 Å². The summed E-state index contributed by atoms with van der Waals surface area (Å²) in [5, 5.41) is 0.540. The Kier molecular flexibility index (Phi) is 8.81. The minimum Gasteiger partial charge on any atom is -0.298 e. The molecule has 1 saturated carbocycles. The zero-order chi connectivity index (χ0) is 12.5. The normalized spacial score (nSPS) is 29.1. The summed E-state index contributed by atoms with van der Waals surface area (Å²) in [6.07, 6.45) is 12.5. The quantitative estimate of drug-likeness (QED) is 0.609. The number of Topliss-reactive ketones (excluding diaryl/α,β-unsaturated/α-hetero) is 1. The Morgan fingerprint density at radius 1 is 0.882 bits per heavy atom. The van der Waals surface area contributed by atoms with E-state index in [1.54, 1.807) is 0 Å². The van der Waals surface area contributed by atoms with Crippen LogP contribution in [0.4, 0.5) is 0 Å². The fourth-order valence-corrected chi connectivity index (χ4v) is 3.69. The summed E-state index contributed by atoms with van der Waals surface area (Å²) in [6.45, 7) is 0. The van der Waals surface area contributed by atoms with Gasteiger partial charge in [0.2, 0.25) is 0 Å². The van der Waals surface area contributed by atoms with Gasteiger partial charge in [-0.05, 0) is 25.7 Å². The van der Waals surface area contributed by atoms with Crippen LogP contribution in [0.2, 0.25) is 0 Å². The van der Waals surface area contributed by atoms with Crippen molar-refractivity contribution >= 4 is 37.6 Å². The van der Waals surface area contributed by atoms with Gasteiger partial charge >= 0.3 is 0 Å². The second-order valence-corrected chi connectivity index (χ2v) is 7.03. The lowest BCUT2D eigenvalue weighted by Gasteiger charge is -2.17. The molecule has 1 aliphatic rings. The van der Waals surface area contributed by atoms with E-state index < -0.39 is 0 Å². The third-order valence-electron chi connectivity index (χ3n) is 3.73. The lowest BCUT2D eigenvalue weighted by atomic mass is 9.90. The number of hydrogen-bond acceptors (Lipinski definition) is 1. The van der Waals surface area contributed by atoms with Gasteiger partial charge in [0, 0.05) is 10.7 Å². The molecule has 0 N–H and O–H groups in total. The van der Waals surface area contributed by atoms with E-state index in [2.05, 4.69) is 31.9 Å². The Morgan fingerprint density at radius 2 is 1.35 bits per heavy atom. The molecule has 100 valence electrons. The highest BCUT2D eigenvalue weighted by molar-refractivity contribution is 9.09. The van der Waals surface area contributed by atoms with E-state index in [0.717, 1.165) is 12.8 Å². The number of hydrogen-bond donors (Lipinski definition) is 0. The van der Waals surface area contributed by atoms with Gasteiger partial charge in [-0.3, -0.25) is 4.79 Å². The molecule has 2 atom stereocenters. The monoisotopic (exact) mass is 366 g/mol. The van der Waals surface area contributed by atoms with Gasteiger partial charge in [-0.25, -0.2) is 0 Å². The van der Waals surface area contributed by atoms with Crippen molar-refractivity contribution in [3.8, 4) is 0 Å². The molecule has 0 aliphatic heterocycles. The molecular weight excluding hydrogens is 344 g/mol. The van der Waals surface area contributed by atoms with Crippen molar-refractivity contribution in [2.75, 3.05) is 5.33 Å². The molecule has 1 aliphatic carbocycles. The van der Waals surface area contributed by atoms with Crippen LogP contribution < -0.4 is 0 Å². The Balaban J connectivity index is 2.38. The van der Waals surface area contributed by atoms with Crippen molar-refractivity contribution in [2.45, 2.75) is 69.0 Å². The van der Waals surface area contributed by atoms with Crippen molar-refractivity contribution in [3.05, 3.63) is 0 Å². The van der Waals surface area contributed by atoms with E-state index in [1.165, 1.54) is 51.4 Å². The Hall–Kier alpha value is 0.630. The van der Waals surface area contributed by atoms with Crippen LogP contribution in [0.3, 0.4) is 0 Å². The number of ketones is 1. The first-order valence-corrected chi connectivity index (χ1v) is 9.00. The predicted octanol–water partition coefficient (Wildman–Crippen LogP) is 5.24. The first-order chi connectivity index (χ1) is 8.24. The molecule has 0 saturated heterocycles. The third kappa shape index (κ3) is 6.95. The van der Waals surface area contributed by atoms with E-state index in [1.807, 2.05) is 0 Å². The predicted molar refractivity (Wildman–Crippen MR) is 81.2 cm³/mol. The van der Waals surface area contributed by atoms with Crippen LogP contribution in [-0.4, -0.2) is 15.9 Å². The van der Waals surface area contributed by atoms with Crippen molar-refractivity contribution in [1.29, 1.82) is 0 Å². The second-order valence-electron chi connectivity index (χ2n) is 5.17. The van der Waals surface area contributed by atoms with Gasteiger partial charge in [-0.2, -0.15) is 0 Å². The molecule has 0 bridgehead atoms. The first kappa shape index (κ1) is 15.7. The molecule has 1 nitrogen and oxygen atoms in total. The average molecular weight is 368 g/mol. The average Bonchev–Trinajstić information content (AvgIpc) is 2.32. The van der Waals surface area contributed by atoms with E-state index in [0.29, 0.717) is 21.9 Å². The van der Waals surface area contributed by atoms with Crippen molar-refractivity contribution < 1.29 is 4.79 Å². The smallest absolute Gasteiger partial charge is 0.146 e. The molecule has 0 heterocycles. The summed E-state index contributed by atoms with van der Waals surface area (Å²) in [6, 6.07) is 0. The topological polar surface area (TPSA) is 17.1 Å². The fraction of sp³-hybridized carbons (Fsp3) is 0.929. The largest absolute Gasteiger partial charge is 0.298 e. The Bertz CT molecular complexity index is 218. The molecule has 0 aromatic rings. The molecule has 1 fully saturated rings. The summed E-state index contributed by atoms with van der Waals surface area (Å²) in [5.74, 6) is 0.736. The van der Waals surface area contributed by atoms with Crippen LogP contribution in [0.15, 0.2) is 0 Å². The zero-order valence-corrected chi connectivity index (χ0v) is 13.8. The highest BCUT2D eigenvalue weighted by Gasteiger charge is 2.17. The van der Waals surface area contributed by atoms with Crippen LogP contribution in [-0.2, 0) is 4.79 Å². The first-order valence-electron chi connectivity index (χ1n) is 6.96. The van der Waals surface area contributed by atoms with Gasteiger partial charge in [-0.15, -0.1) is 0 Å². The molecule has 0 aromatic heterocycles. The second kappa shape index (κ2) is 9.55. The molecule has 0 aromatic carbocycles. The van der Waals surface area contributed by atoms with Crippen molar-refractivity contribution in [2.24, 2.45) is 5.92 Å². The Labute approximate surface area is 122 Å². The summed E-state index contributed by atoms with van der Waals surface area (Å²) >= 11 is 7.07. The van der Waals surface area contributed by atoms with Gasteiger partial charge in [0.1, 0.15) is 5.78 Å².